The third kappa shape index (κ3) is 2.69. The Labute approximate surface area is 101 Å². The van der Waals surface area contributed by atoms with Crippen LogP contribution in [0.4, 0.5) is 0 Å². The van der Waals surface area contributed by atoms with Gasteiger partial charge >= 0.3 is 0 Å². The Morgan fingerprint density at radius 2 is 2.31 bits per heavy atom. The van der Waals surface area contributed by atoms with Crippen LogP contribution in [0.2, 0.25) is 0 Å². The van der Waals surface area contributed by atoms with E-state index < -0.39 is 6.10 Å². The molecule has 2 rings (SSSR count). The molecule has 0 saturated carbocycles. The molecule has 1 atom stereocenters. The molecule has 0 radical (unpaired) electrons. The molecule has 0 bridgehead atoms. The van der Waals surface area contributed by atoms with Crippen LogP contribution in [0.1, 0.15) is 21.3 Å². The van der Waals surface area contributed by atoms with Gasteiger partial charge in [-0.2, -0.15) is 11.3 Å². The maximum atomic E-state index is 11.6. The van der Waals surface area contributed by atoms with Crippen LogP contribution in [-0.4, -0.2) is 17.6 Å². The highest BCUT2D eigenvalue weighted by Crippen LogP contribution is 2.15. The second-order valence-electron chi connectivity index (χ2n) is 3.26. The number of aliphatic hydroxyl groups is 1. The first-order valence-corrected chi connectivity index (χ1v) is 6.61. The highest BCUT2D eigenvalue weighted by atomic mass is 32.1. The van der Waals surface area contributed by atoms with Gasteiger partial charge in [-0.15, -0.1) is 11.3 Å². The number of hydrogen-bond donors (Lipinski definition) is 2. The number of nitrogens with one attached hydrogen (secondary N) is 1. The fourth-order valence-electron chi connectivity index (χ4n) is 1.27. The monoisotopic (exact) mass is 253 g/mol. The van der Waals surface area contributed by atoms with Crippen LogP contribution < -0.4 is 5.32 Å². The second-order valence-corrected chi connectivity index (χ2v) is 4.99. The van der Waals surface area contributed by atoms with Gasteiger partial charge in [0.25, 0.3) is 5.91 Å². The topological polar surface area (TPSA) is 49.3 Å². The minimum absolute atomic E-state index is 0.135. The molecule has 0 aliphatic heterocycles. The predicted molar refractivity (Wildman–Crippen MR) is 65.9 cm³/mol. The SMILES string of the molecule is O=C(NC[C@@H](O)c1ccsc1)c1cccs1. The lowest BCUT2D eigenvalue weighted by Gasteiger charge is -2.09. The van der Waals surface area contributed by atoms with Gasteiger partial charge in [0.05, 0.1) is 11.0 Å². The van der Waals surface area contributed by atoms with Crippen LogP contribution in [-0.2, 0) is 0 Å². The minimum atomic E-state index is -0.629. The lowest BCUT2D eigenvalue weighted by Crippen LogP contribution is -2.27. The van der Waals surface area contributed by atoms with Gasteiger partial charge in [0, 0.05) is 6.54 Å². The van der Waals surface area contributed by atoms with Gasteiger partial charge in [-0.3, -0.25) is 4.79 Å². The Morgan fingerprint density at radius 1 is 1.44 bits per heavy atom. The van der Waals surface area contributed by atoms with E-state index in [0.29, 0.717) is 4.88 Å². The van der Waals surface area contributed by atoms with Gasteiger partial charge in [-0.05, 0) is 33.8 Å². The summed E-state index contributed by atoms with van der Waals surface area (Å²) in [5.74, 6) is -0.135. The van der Waals surface area contributed by atoms with Gasteiger partial charge in [0.15, 0.2) is 0 Å². The van der Waals surface area contributed by atoms with Crippen molar-refractivity contribution in [1.29, 1.82) is 0 Å². The quantitative estimate of drug-likeness (QED) is 0.878. The Balaban J connectivity index is 1.86. The number of carbonyl (C=O) groups excluding carboxylic acids is 1. The Bertz CT molecular complexity index is 437. The van der Waals surface area contributed by atoms with Crippen molar-refractivity contribution >= 4 is 28.6 Å². The van der Waals surface area contributed by atoms with E-state index in [1.807, 2.05) is 28.3 Å². The predicted octanol–water partition coefficient (Wildman–Crippen LogP) is 2.27. The van der Waals surface area contributed by atoms with Crippen molar-refractivity contribution in [3.8, 4) is 0 Å². The lowest BCUT2D eigenvalue weighted by molar-refractivity contribution is 0.0920. The van der Waals surface area contributed by atoms with Crippen molar-refractivity contribution in [2.24, 2.45) is 0 Å². The van der Waals surface area contributed by atoms with Crippen LogP contribution in [0.3, 0.4) is 0 Å². The lowest BCUT2D eigenvalue weighted by atomic mass is 10.2. The van der Waals surface area contributed by atoms with E-state index in [0.717, 1.165) is 5.56 Å². The number of amides is 1. The highest BCUT2D eigenvalue weighted by Gasteiger charge is 2.11. The second kappa shape index (κ2) is 5.25. The van der Waals surface area contributed by atoms with E-state index in [1.54, 1.807) is 6.07 Å². The number of thiophene rings is 2. The summed E-state index contributed by atoms with van der Waals surface area (Å²) in [5.41, 5.74) is 0.844. The molecule has 84 valence electrons. The molecule has 2 heterocycles. The summed E-state index contributed by atoms with van der Waals surface area (Å²) in [6.45, 7) is 0.244. The third-order valence-electron chi connectivity index (χ3n) is 2.13. The van der Waals surface area contributed by atoms with Crippen LogP contribution in [0.15, 0.2) is 34.3 Å². The molecule has 16 heavy (non-hydrogen) atoms. The van der Waals surface area contributed by atoms with E-state index in [1.165, 1.54) is 22.7 Å². The summed E-state index contributed by atoms with van der Waals surface area (Å²) in [5, 5.41) is 18.1. The molecule has 0 unspecified atom stereocenters. The molecule has 0 aliphatic carbocycles. The summed E-state index contributed by atoms with van der Waals surface area (Å²) in [6.07, 6.45) is -0.629. The molecule has 0 spiro atoms. The summed E-state index contributed by atoms with van der Waals surface area (Å²) in [6, 6.07) is 5.44. The van der Waals surface area contributed by atoms with Crippen LogP contribution >= 0.6 is 22.7 Å². The van der Waals surface area contributed by atoms with Crippen LogP contribution in [0, 0.1) is 0 Å². The van der Waals surface area contributed by atoms with E-state index in [-0.39, 0.29) is 12.5 Å². The minimum Gasteiger partial charge on any atom is -0.387 e. The first kappa shape index (κ1) is 11.3. The molecule has 2 aromatic rings. The summed E-state index contributed by atoms with van der Waals surface area (Å²) < 4.78 is 0. The van der Waals surface area contributed by atoms with E-state index in [4.69, 9.17) is 0 Å². The highest BCUT2D eigenvalue weighted by molar-refractivity contribution is 7.12. The molecule has 1 amide bonds. The van der Waals surface area contributed by atoms with Gasteiger partial charge in [0.1, 0.15) is 0 Å². The number of rotatable bonds is 4. The van der Waals surface area contributed by atoms with Gasteiger partial charge in [-0.1, -0.05) is 6.07 Å². The molecular weight excluding hydrogens is 242 g/mol. The molecular formula is C11H11NO2S2. The Kier molecular flexibility index (Phi) is 3.71. The molecule has 0 fully saturated rings. The summed E-state index contributed by atoms with van der Waals surface area (Å²) in [4.78, 5) is 12.2. The smallest absolute Gasteiger partial charge is 0.261 e. The fourth-order valence-corrected chi connectivity index (χ4v) is 2.61. The maximum absolute atomic E-state index is 11.6. The third-order valence-corrected chi connectivity index (χ3v) is 3.70. The molecule has 2 aromatic heterocycles. The molecule has 0 aromatic carbocycles. The summed E-state index contributed by atoms with van der Waals surface area (Å²) in [7, 11) is 0. The van der Waals surface area contributed by atoms with Crippen LogP contribution in [0.25, 0.3) is 0 Å². The fraction of sp³-hybridized carbons (Fsp3) is 0.182. The van der Waals surface area contributed by atoms with Crippen molar-refractivity contribution in [3.05, 3.63) is 44.8 Å². The zero-order valence-electron chi connectivity index (χ0n) is 8.42. The number of carbonyl (C=O) groups is 1. The maximum Gasteiger partial charge on any atom is 0.261 e. The van der Waals surface area contributed by atoms with Crippen molar-refractivity contribution in [2.75, 3.05) is 6.54 Å². The molecule has 3 nitrogen and oxygen atoms in total. The zero-order valence-corrected chi connectivity index (χ0v) is 10.1. The first-order chi connectivity index (χ1) is 7.77. The zero-order chi connectivity index (χ0) is 11.4. The number of hydrogen-bond acceptors (Lipinski definition) is 4. The van der Waals surface area contributed by atoms with Crippen molar-refractivity contribution in [2.45, 2.75) is 6.10 Å². The van der Waals surface area contributed by atoms with Crippen molar-refractivity contribution < 1.29 is 9.90 Å². The molecule has 0 aliphatic rings. The van der Waals surface area contributed by atoms with Gasteiger partial charge in [0.2, 0.25) is 0 Å². The largest absolute Gasteiger partial charge is 0.387 e. The van der Waals surface area contributed by atoms with Crippen LogP contribution in [0.5, 0.6) is 0 Å². The van der Waals surface area contributed by atoms with Gasteiger partial charge < -0.3 is 10.4 Å². The van der Waals surface area contributed by atoms with Gasteiger partial charge in [-0.25, -0.2) is 0 Å². The Hall–Kier alpha value is -1.17. The van der Waals surface area contributed by atoms with E-state index in [2.05, 4.69) is 5.32 Å². The van der Waals surface area contributed by atoms with E-state index in [9.17, 15) is 9.90 Å². The Morgan fingerprint density at radius 3 is 2.94 bits per heavy atom. The molecule has 0 saturated heterocycles. The summed E-state index contributed by atoms with van der Waals surface area (Å²) >= 11 is 2.92. The van der Waals surface area contributed by atoms with Crippen molar-refractivity contribution in [3.63, 3.8) is 0 Å². The van der Waals surface area contributed by atoms with Crippen molar-refractivity contribution in [1.82, 2.24) is 5.32 Å². The standard InChI is InChI=1S/C11H11NO2S2/c13-9(8-3-5-15-7-8)6-12-11(14)10-2-1-4-16-10/h1-5,7,9,13H,6H2,(H,12,14)/t9-/m1/s1. The normalized spacial score (nSPS) is 12.3. The molecule has 2 N–H and O–H groups in total. The molecule has 5 heteroatoms. The average Bonchev–Trinajstić information content (AvgIpc) is 2.95. The van der Waals surface area contributed by atoms with E-state index >= 15 is 0 Å². The first-order valence-electron chi connectivity index (χ1n) is 4.79. The average molecular weight is 253 g/mol. The number of aliphatic hydroxyl groups excluding tert-OH is 1.